The Hall–Kier alpha value is -3.82. The maximum Gasteiger partial charge on any atom is 0.269 e. The fraction of sp³-hybridized carbons (Fsp3) is 0.333. The molecule has 1 aliphatic rings. The molecule has 2 aromatic rings. The van der Waals surface area contributed by atoms with Crippen LogP contribution in [0.15, 0.2) is 48.5 Å². The third kappa shape index (κ3) is 6.33. The predicted octanol–water partition coefficient (Wildman–Crippen LogP) is 1.82. The zero-order valence-electron chi connectivity index (χ0n) is 16.8. The predicted molar refractivity (Wildman–Crippen MR) is 110 cm³/mol. The number of aromatic hydroxyl groups is 1. The van der Waals surface area contributed by atoms with E-state index in [2.05, 4.69) is 0 Å². The van der Waals surface area contributed by atoms with Gasteiger partial charge in [0.05, 0.1) is 18.0 Å². The number of nitro benzene ring substituents is 1. The number of nitrogens with zero attached hydrogens (tertiary/aromatic N) is 3. The van der Waals surface area contributed by atoms with Gasteiger partial charge in [-0.3, -0.25) is 19.7 Å². The molecule has 1 fully saturated rings. The van der Waals surface area contributed by atoms with E-state index in [9.17, 15) is 24.8 Å². The maximum atomic E-state index is 12.4. The number of benzene rings is 2. The lowest BCUT2D eigenvalue weighted by atomic mass is 10.2. The molecule has 1 heterocycles. The van der Waals surface area contributed by atoms with E-state index in [0.29, 0.717) is 37.7 Å². The van der Waals surface area contributed by atoms with Crippen LogP contribution in [0.4, 0.5) is 5.69 Å². The standard InChI is InChI=1S/C21H23N3O7/c25-17-2-1-3-19(14-17)31-15-21(27)23-11-9-22(10-12-23)20(26)8-13-30-18-6-4-16(5-7-18)24(28)29/h1-7,14,25H,8-13,15H2. The molecule has 0 atom stereocenters. The van der Waals surface area contributed by atoms with E-state index >= 15 is 0 Å². The summed E-state index contributed by atoms with van der Waals surface area (Å²) in [5.74, 6) is 0.673. The van der Waals surface area contributed by atoms with E-state index in [0.717, 1.165) is 0 Å². The van der Waals surface area contributed by atoms with Crippen LogP contribution in [0.5, 0.6) is 17.2 Å². The van der Waals surface area contributed by atoms with Gasteiger partial charge in [0, 0.05) is 44.4 Å². The fourth-order valence-corrected chi connectivity index (χ4v) is 3.09. The number of carbonyl (C=O) groups is 2. The van der Waals surface area contributed by atoms with Crippen molar-refractivity contribution in [3.8, 4) is 17.2 Å². The minimum atomic E-state index is -0.490. The second-order valence-corrected chi connectivity index (χ2v) is 6.90. The van der Waals surface area contributed by atoms with Crippen LogP contribution in [0.1, 0.15) is 6.42 Å². The van der Waals surface area contributed by atoms with Gasteiger partial charge in [-0.2, -0.15) is 0 Å². The average Bonchev–Trinajstić information content (AvgIpc) is 2.78. The Morgan fingerprint density at radius 3 is 2.19 bits per heavy atom. The van der Waals surface area contributed by atoms with Crippen LogP contribution in [0, 0.1) is 10.1 Å². The van der Waals surface area contributed by atoms with Crippen LogP contribution in [-0.4, -0.2) is 71.0 Å². The van der Waals surface area contributed by atoms with Crippen molar-refractivity contribution in [1.82, 2.24) is 9.80 Å². The molecule has 3 rings (SSSR count). The molecule has 2 aromatic carbocycles. The molecule has 31 heavy (non-hydrogen) atoms. The van der Waals surface area contributed by atoms with E-state index in [4.69, 9.17) is 9.47 Å². The van der Waals surface area contributed by atoms with Gasteiger partial charge in [-0.1, -0.05) is 6.07 Å². The van der Waals surface area contributed by atoms with Crippen LogP contribution < -0.4 is 9.47 Å². The van der Waals surface area contributed by atoms with Gasteiger partial charge in [-0.15, -0.1) is 0 Å². The average molecular weight is 429 g/mol. The molecule has 10 heteroatoms. The Balaban J connectivity index is 1.36. The molecule has 10 nitrogen and oxygen atoms in total. The SMILES string of the molecule is O=C(CCOc1ccc([N+](=O)[O-])cc1)N1CCN(C(=O)COc2cccc(O)c2)CC1. The molecule has 0 aromatic heterocycles. The van der Waals surface area contributed by atoms with Crippen LogP contribution in [-0.2, 0) is 9.59 Å². The lowest BCUT2D eigenvalue weighted by Crippen LogP contribution is -2.51. The van der Waals surface area contributed by atoms with Crippen LogP contribution in [0.3, 0.4) is 0 Å². The number of ether oxygens (including phenoxy) is 2. The number of amides is 2. The summed E-state index contributed by atoms with van der Waals surface area (Å²) in [6.07, 6.45) is 0.172. The molecule has 0 aliphatic carbocycles. The molecule has 1 N–H and O–H groups in total. The van der Waals surface area contributed by atoms with Crippen molar-refractivity contribution in [2.45, 2.75) is 6.42 Å². The minimum absolute atomic E-state index is 0.0249. The molecule has 0 spiro atoms. The van der Waals surface area contributed by atoms with Gasteiger partial charge in [0.2, 0.25) is 5.91 Å². The maximum absolute atomic E-state index is 12.4. The highest BCUT2D eigenvalue weighted by atomic mass is 16.6. The number of hydrogen-bond donors (Lipinski definition) is 1. The number of carbonyl (C=O) groups excluding carboxylic acids is 2. The van der Waals surface area contributed by atoms with Gasteiger partial charge in [0.25, 0.3) is 11.6 Å². The van der Waals surface area contributed by atoms with Gasteiger partial charge in [-0.25, -0.2) is 0 Å². The van der Waals surface area contributed by atoms with Crippen molar-refractivity contribution in [2.75, 3.05) is 39.4 Å². The summed E-state index contributed by atoms with van der Waals surface area (Å²) in [6, 6.07) is 11.9. The summed E-state index contributed by atoms with van der Waals surface area (Å²) >= 11 is 0. The molecule has 1 saturated heterocycles. The second kappa shape index (κ2) is 10.3. The monoisotopic (exact) mass is 429 g/mol. The third-order valence-electron chi connectivity index (χ3n) is 4.80. The fourth-order valence-electron chi connectivity index (χ4n) is 3.09. The zero-order chi connectivity index (χ0) is 22.2. The highest BCUT2D eigenvalue weighted by molar-refractivity contribution is 5.79. The normalized spacial score (nSPS) is 13.5. The summed E-state index contributed by atoms with van der Waals surface area (Å²) in [4.78, 5) is 38.1. The number of hydrogen-bond acceptors (Lipinski definition) is 7. The van der Waals surface area contributed by atoms with Crippen molar-refractivity contribution in [2.24, 2.45) is 0 Å². The lowest BCUT2D eigenvalue weighted by Gasteiger charge is -2.34. The molecule has 0 saturated carbocycles. The quantitative estimate of drug-likeness (QED) is 0.502. The Morgan fingerprint density at radius 1 is 0.935 bits per heavy atom. The summed E-state index contributed by atoms with van der Waals surface area (Å²) in [5.41, 5.74) is -0.0249. The number of non-ortho nitro benzene ring substituents is 1. The number of piperazine rings is 1. The first kappa shape index (κ1) is 21.9. The van der Waals surface area contributed by atoms with Crippen LogP contribution >= 0.6 is 0 Å². The van der Waals surface area contributed by atoms with Crippen molar-refractivity contribution >= 4 is 17.5 Å². The van der Waals surface area contributed by atoms with Crippen molar-refractivity contribution in [1.29, 1.82) is 0 Å². The van der Waals surface area contributed by atoms with E-state index in [1.165, 1.54) is 36.4 Å². The first-order chi connectivity index (χ1) is 14.9. The molecule has 0 unspecified atom stereocenters. The first-order valence-corrected chi connectivity index (χ1v) is 9.77. The Kier molecular flexibility index (Phi) is 7.26. The Bertz CT molecular complexity index is 925. The molecule has 2 amide bonds. The van der Waals surface area contributed by atoms with E-state index < -0.39 is 4.92 Å². The van der Waals surface area contributed by atoms with Crippen LogP contribution in [0.2, 0.25) is 0 Å². The van der Waals surface area contributed by atoms with Crippen molar-refractivity contribution in [3.05, 3.63) is 58.6 Å². The highest BCUT2D eigenvalue weighted by Crippen LogP contribution is 2.18. The lowest BCUT2D eigenvalue weighted by molar-refractivity contribution is -0.384. The number of rotatable bonds is 8. The number of nitro groups is 1. The van der Waals surface area contributed by atoms with Gasteiger partial charge >= 0.3 is 0 Å². The highest BCUT2D eigenvalue weighted by Gasteiger charge is 2.24. The second-order valence-electron chi connectivity index (χ2n) is 6.90. The Labute approximate surface area is 178 Å². The molecule has 164 valence electrons. The Morgan fingerprint density at radius 2 is 1.58 bits per heavy atom. The molecule has 0 bridgehead atoms. The molecule has 1 aliphatic heterocycles. The first-order valence-electron chi connectivity index (χ1n) is 9.77. The van der Waals surface area contributed by atoms with Gasteiger partial charge in [0.1, 0.15) is 17.2 Å². The van der Waals surface area contributed by atoms with Crippen LogP contribution in [0.25, 0.3) is 0 Å². The summed E-state index contributed by atoms with van der Waals surface area (Å²) in [6.45, 7) is 1.70. The smallest absolute Gasteiger partial charge is 0.269 e. The molecule has 0 radical (unpaired) electrons. The number of phenolic OH excluding ortho intramolecular Hbond substituents is 1. The zero-order valence-corrected chi connectivity index (χ0v) is 16.8. The van der Waals surface area contributed by atoms with E-state index in [-0.39, 0.29) is 42.9 Å². The summed E-state index contributed by atoms with van der Waals surface area (Å²) in [5, 5.41) is 20.1. The third-order valence-corrected chi connectivity index (χ3v) is 4.80. The van der Waals surface area contributed by atoms with E-state index in [1.807, 2.05) is 0 Å². The van der Waals surface area contributed by atoms with Gasteiger partial charge in [-0.05, 0) is 24.3 Å². The van der Waals surface area contributed by atoms with Gasteiger partial charge in [0.15, 0.2) is 6.61 Å². The molecular weight excluding hydrogens is 406 g/mol. The van der Waals surface area contributed by atoms with Crippen molar-refractivity contribution < 1.29 is 29.1 Å². The van der Waals surface area contributed by atoms with Crippen molar-refractivity contribution in [3.63, 3.8) is 0 Å². The summed E-state index contributed by atoms with van der Waals surface area (Å²) in [7, 11) is 0. The number of phenols is 1. The topological polar surface area (TPSA) is 122 Å². The van der Waals surface area contributed by atoms with E-state index in [1.54, 1.807) is 21.9 Å². The van der Waals surface area contributed by atoms with Gasteiger partial charge < -0.3 is 24.4 Å². The summed E-state index contributed by atoms with van der Waals surface area (Å²) < 4.78 is 10.9. The largest absolute Gasteiger partial charge is 0.508 e. The molecular formula is C21H23N3O7. The minimum Gasteiger partial charge on any atom is -0.508 e.